The highest BCUT2D eigenvalue weighted by Crippen LogP contribution is 2.32. The van der Waals surface area contributed by atoms with Gasteiger partial charge in [0, 0.05) is 0 Å². The number of ether oxygens (including phenoxy) is 1. The number of carbonyl (C=O) groups excluding carboxylic acids is 1. The first kappa shape index (κ1) is 31.0. The first-order valence-corrected chi connectivity index (χ1v) is 14.9. The van der Waals surface area contributed by atoms with E-state index in [0.29, 0.717) is 12.8 Å². The van der Waals surface area contributed by atoms with E-state index >= 15 is 0 Å². The minimum atomic E-state index is -0.836. The lowest BCUT2D eigenvalue weighted by Gasteiger charge is -2.29. The minimum absolute atomic E-state index is 0.0403. The molecule has 4 nitrogen and oxygen atoms in total. The topological polar surface area (TPSA) is 63.6 Å². The third-order valence-corrected chi connectivity index (χ3v) is 7.61. The van der Waals surface area contributed by atoms with Crippen LogP contribution in [-0.4, -0.2) is 23.1 Å². The lowest BCUT2D eigenvalue weighted by molar-refractivity contribution is -0.164. The van der Waals surface area contributed by atoms with Gasteiger partial charge in [-0.15, -0.1) is 0 Å². The summed E-state index contributed by atoms with van der Waals surface area (Å²) in [5.74, 6) is -1.36. The Hall–Kier alpha value is -1.06. The molecule has 1 N–H and O–H groups in total. The zero-order valence-corrected chi connectivity index (χ0v) is 22.8. The second kappa shape index (κ2) is 20.2. The van der Waals surface area contributed by atoms with Crippen molar-refractivity contribution in [3.05, 3.63) is 0 Å². The summed E-state index contributed by atoms with van der Waals surface area (Å²) in [6.07, 6.45) is 24.1. The van der Waals surface area contributed by atoms with Crippen LogP contribution in [0.15, 0.2) is 0 Å². The molecular formula is C30H56O4. The summed E-state index contributed by atoms with van der Waals surface area (Å²) in [4.78, 5) is 24.5. The molecular weight excluding hydrogens is 424 g/mol. The van der Waals surface area contributed by atoms with Crippen molar-refractivity contribution in [2.45, 2.75) is 162 Å². The van der Waals surface area contributed by atoms with E-state index in [2.05, 4.69) is 20.8 Å². The maximum atomic E-state index is 12.9. The molecule has 1 saturated carbocycles. The van der Waals surface area contributed by atoms with Gasteiger partial charge in [0.1, 0.15) is 6.10 Å². The van der Waals surface area contributed by atoms with Gasteiger partial charge in [-0.25, -0.2) is 0 Å². The van der Waals surface area contributed by atoms with Crippen LogP contribution in [0.4, 0.5) is 0 Å². The molecule has 1 aliphatic carbocycles. The van der Waals surface area contributed by atoms with Crippen molar-refractivity contribution in [2.24, 2.45) is 17.8 Å². The molecule has 1 rings (SSSR count). The van der Waals surface area contributed by atoms with E-state index < -0.39 is 17.8 Å². The van der Waals surface area contributed by atoms with E-state index in [1.165, 1.54) is 83.5 Å². The van der Waals surface area contributed by atoms with E-state index in [4.69, 9.17) is 4.74 Å². The average molecular weight is 481 g/mol. The van der Waals surface area contributed by atoms with Crippen molar-refractivity contribution in [3.8, 4) is 0 Å². The Morgan fingerprint density at radius 1 is 0.706 bits per heavy atom. The fourth-order valence-corrected chi connectivity index (χ4v) is 5.36. The quantitative estimate of drug-likeness (QED) is 0.131. The molecule has 3 atom stereocenters. The molecule has 34 heavy (non-hydrogen) atoms. The number of aliphatic carboxylic acids is 1. The van der Waals surface area contributed by atoms with Gasteiger partial charge in [0.2, 0.25) is 0 Å². The van der Waals surface area contributed by atoms with Crippen LogP contribution >= 0.6 is 0 Å². The average Bonchev–Trinajstić information content (AvgIpc) is 2.81. The zero-order valence-electron chi connectivity index (χ0n) is 22.8. The third kappa shape index (κ3) is 15.0. The normalized spacial score (nSPS) is 19.3. The van der Waals surface area contributed by atoms with E-state index in [0.717, 1.165) is 44.4 Å². The predicted molar refractivity (Wildman–Crippen MR) is 142 cm³/mol. The van der Waals surface area contributed by atoms with E-state index in [1.807, 2.05) is 0 Å². The molecule has 0 heterocycles. The monoisotopic (exact) mass is 480 g/mol. The van der Waals surface area contributed by atoms with Crippen LogP contribution in [0.1, 0.15) is 156 Å². The Bertz CT molecular complexity index is 516. The van der Waals surface area contributed by atoms with E-state index in [1.54, 1.807) is 0 Å². The van der Waals surface area contributed by atoms with Gasteiger partial charge >= 0.3 is 11.9 Å². The Morgan fingerprint density at radius 2 is 1.15 bits per heavy atom. The molecule has 1 aliphatic rings. The smallest absolute Gasteiger partial charge is 0.310 e. The molecule has 0 aromatic carbocycles. The van der Waals surface area contributed by atoms with E-state index in [9.17, 15) is 14.7 Å². The van der Waals surface area contributed by atoms with Crippen molar-refractivity contribution in [1.29, 1.82) is 0 Å². The van der Waals surface area contributed by atoms with Crippen LogP contribution in [-0.2, 0) is 14.3 Å². The summed E-state index contributed by atoms with van der Waals surface area (Å²) in [5, 5.41) is 9.55. The van der Waals surface area contributed by atoms with Crippen molar-refractivity contribution < 1.29 is 19.4 Å². The molecule has 0 radical (unpaired) electrons. The van der Waals surface area contributed by atoms with Gasteiger partial charge in [-0.2, -0.15) is 0 Å². The van der Waals surface area contributed by atoms with Crippen LogP contribution in [0.3, 0.4) is 0 Å². The first-order valence-electron chi connectivity index (χ1n) is 14.9. The summed E-state index contributed by atoms with van der Waals surface area (Å²) in [7, 11) is 0. The summed E-state index contributed by atoms with van der Waals surface area (Å²) >= 11 is 0. The maximum absolute atomic E-state index is 12.9. The second-order valence-electron chi connectivity index (χ2n) is 11.3. The molecule has 1 fully saturated rings. The number of carboxylic acids is 1. The minimum Gasteiger partial charge on any atom is -0.481 e. The largest absolute Gasteiger partial charge is 0.481 e. The van der Waals surface area contributed by atoms with Gasteiger partial charge in [0.15, 0.2) is 0 Å². The fraction of sp³-hybridized carbons (Fsp3) is 0.933. The standard InChI is InChI=1S/C30H56O4/c1-4-5-6-7-8-9-10-11-12-13-16-21-26(22-17-14-15-20-25(2)3)34-30(33)28-24-19-18-23-27(28)29(31)32/h25-28H,4-24H2,1-3H3,(H,31,32). The number of hydrogen-bond donors (Lipinski definition) is 1. The molecule has 0 aromatic heterocycles. The van der Waals surface area contributed by atoms with Gasteiger partial charge < -0.3 is 9.84 Å². The molecule has 200 valence electrons. The summed E-state index contributed by atoms with van der Waals surface area (Å²) in [6.45, 7) is 6.79. The predicted octanol–water partition coefficient (Wildman–Crippen LogP) is 9.10. The van der Waals surface area contributed by atoms with Crippen LogP contribution in [0.25, 0.3) is 0 Å². The van der Waals surface area contributed by atoms with Crippen LogP contribution in [0, 0.1) is 17.8 Å². The zero-order chi connectivity index (χ0) is 25.0. The molecule has 0 saturated heterocycles. The maximum Gasteiger partial charge on any atom is 0.310 e. The number of carbonyl (C=O) groups is 2. The van der Waals surface area contributed by atoms with Crippen molar-refractivity contribution in [1.82, 2.24) is 0 Å². The third-order valence-electron chi connectivity index (χ3n) is 7.61. The lowest BCUT2D eigenvalue weighted by Crippen LogP contribution is -2.35. The molecule has 0 amide bonds. The van der Waals surface area contributed by atoms with Crippen LogP contribution < -0.4 is 0 Å². The molecule has 3 unspecified atom stereocenters. The first-order chi connectivity index (χ1) is 16.5. The number of esters is 1. The molecule has 0 spiro atoms. The highest BCUT2D eigenvalue weighted by Gasteiger charge is 2.37. The Labute approximate surface area is 211 Å². The van der Waals surface area contributed by atoms with Crippen molar-refractivity contribution in [3.63, 3.8) is 0 Å². The lowest BCUT2D eigenvalue weighted by atomic mass is 9.79. The molecule has 4 heteroatoms. The van der Waals surface area contributed by atoms with Gasteiger partial charge in [-0.3, -0.25) is 9.59 Å². The van der Waals surface area contributed by atoms with Gasteiger partial charge in [0.05, 0.1) is 11.8 Å². The Kier molecular flexibility index (Phi) is 18.4. The second-order valence-corrected chi connectivity index (χ2v) is 11.3. The van der Waals surface area contributed by atoms with Gasteiger partial charge in [-0.05, 0) is 44.4 Å². The van der Waals surface area contributed by atoms with Crippen molar-refractivity contribution >= 4 is 11.9 Å². The number of carboxylic acid groups (broad SMARTS) is 1. The highest BCUT2D eigenvalue weighted by atomic mass is 16.5. The Morgan fingerprint density at radius 3 is 1.65 bits per heavy atom. The summed E-state index contributed by atoms with van der Waals surface area (Å²) < 4.78 is 5.99. The van der Waals surface area contributed by atoms with Crippen LogP contribution in [0.2, 0.25) is 0 Å². The van der Waals surface area contributed by atoms with Crippen LogP contribution in [0.5, 0.6) is 0 Å². The van der Waals surface area contributed by atoms with Gasteiger partial charge in [-0.1, -0.05) is 117 Å². The summed E-state index contributed by atoms with van der Waals surface area (Å²) in [6, 6.07) is 0. The summed E-state index contributed by atoms with van der Waals surface area (Å²) in [5.41, 5.74) is 0. The molecule has 0 aliphatic heterocycles. The van der Waals surface area contributed by atoms with Crippen molar-refractivity contribution in [2.75, 3.05) is 0 Å². The number of hydrogen-bond acceptors (Lipinski definition) is 3. The van der Waals surface area contributed by atoms with E-state index in [-0.39, 0.29) is 12.1 Å². The fourth-order valence-electron chi connectivity index (χ4n) is 5.36. The number of unbranched alkanes of at least 4 members (excludes halogenated alkanes) is 12. The SMILES string of the molecule is CCCCCCCCCCCCCC(CCCCCC(C)C)OC(=O)C1CCCCC1C(=O)O. The Balaban J connectivity index is 2.35. The molecule has 0 bridgehead atoms. The number of rotatable bonds is 21. The van der Waals surface area contributed by atoms with Gasteiger partial charge in [0.25, 0.3) is 0 Å². The highest BCUT2D eigenvalue weighted by molar-refractivity contribution is 5.81. The molecule has 0 aromatic rings.